The predicted molar refractivity (Wildman–Crippen MR) is 143 cm³/mol. The first kappa shape index (κ1) is 26.3. The zero-order valence-corrected chi connectivity index (χ0v) is 23.6. The lowest BCUT2D eigenvalue weighted by Crippen LogP contribution is -2.96. The first-order valence-corrected chi connectivity index (χ1v) is 16.0. The van der Waals surface area contributed by atoms with Crippen molar-refractivity contribution < 1.29 is 20.5 Å². The highest BCUT2D eigenvalue weighted by Crippen LogP contribution is 2.57. The van der Waals surface area contributed by atoms with Crippen LogP contribution in [0.4, 0.5) is 0 Å². The van der Waals surface area contributed by atoms with Crippen molar-refractivity contribution in [1.29, 1.82) is 0 Å². The molecule has 0 bridgehead atoms. The number of nitrogens with zero attached hydrogens (tertiary/aromatic N) is 1. The van der Waals surface area contributed by atoms with Crippen LogP contribution in [0.25, 0.3) is 0 Å². The van der Waals surface area contributed by atoms with Crippen molar-refractivity contribution in [1.82, 2.24) is 4.90 Å². The summed E-state index contributed by atoms with van der Waals surface area (Å²) in [5.41, 5.74) is 0.212. The lowest BCUT2D eigenvalue weighted by Gasteiger charge is -2.56. The van der Waals surface area contributed by atoms with E-state index in [2.05, 4.69) is 43.2 Å². The number of carbonyl (C=O) groups excluding carboxylic acids is 1. The molecule has 3 aliphatic carbocycles. The Balaban J connectivity index is 1.24. The lowest BCUT2D eigenvalue weighted by atomic mass is 9.51. The molecule has 6 heteroatoms. The van der Waals surface area contributed by atoms with Crippen LogP contribution in [0.2, 0.25) is 0 Å². The Bertz CT molecular complexity index is 739. The minimum atomic E-state index is -0.353. The van der Waals surface area contributed by atoms with Gasteiger partial charge in [-0.2, -0.15) is 0 Å². The molecular formula is C29H53N3O2S+2. The second-order valence-corrected chi connectivity index (χ2v) is 15.0. The number of hydrogen-bond donors (Lipinski definition) is 3. The summed E-state index contributed by atoms with van der Waals surface area (Å²) >= 11 is 2.28. The van der Waals surface area contributed by atoms with Gasteiger partial charge in [0.05, 0.1) is 24.4 Å². The molecule has 0 radical (unpaired) electrons. The third kappa shape index (κ3) is 5.20. The monoisotopic (exact) mass is 507 g/mol. The molecule has 5 rings (SSSR count). The number of aliphatic hydroxyl groups excluding tert-OH is 1. The second kappa shape index (κ2) is 10.8. The number of quaternary nitrogens is 2. The molecule has 0 spiro atoms. The van der Waals surface area contributed by atoms with Crippen LogP contribution >= 0.6 is 11.8 Å². The number of fused-ring (bicyclic) bond motifs is 2. The van der Waals surface area contributed by atoms with Crippen molar-refractivity contribution in [3.63, 3.8) is 0 Å². The van der Waals surface area contributed by atoms with Crippen LogP contribution in [-0.2, 0) is 4.79 Å². The maximum absolute atomic E-state index is 13.5. The molecule has 5 fully saturated rings. The van der Waals surface area contributed by atoms with Crippen LogP contribution in [0.15, 0.2) is 0 Å². The molecule has 5 nitrogen and oxygen atoms in total. The zero-order valence-electron chi connectivity index (χ0n) is 22.8. The Kier molecular flexibility index (Phi) is 8.14. The first-order chi connectivity index (χ1) is 16.8. The number of piperidine rings is 1. The van der Waals surface area contributed by atoms with Gasteiger partial charge in [-0.3, -0.25) is 4.79 Å². The number of amides is 1. The number of thioether (sulfide) groups is 1. The maximum atomic E-state index is 13.5. The number of aliphatic hydroxyl groups is 1. The summed E-state index contributed by atoms with van der Waals surface area (Å²) in [6.45, 7) is 10.5. The fraction of sp³-hybridized carbons (Fsp3) is 0.966. The number of carbonyl (C=O) groups is 1. The van der Waals surface area contributed by atoms with Gasteiger partial charge in [-0.05, 0) is 55.3 Å². The summed E-state index contributed by atoms with van der Waals surface area (Å²) in [6.07, 6.45) is 12.3. The second-order valence-electron chi connectivity index (χ2n) is 13.6. The Hall–Kier alpha value is -0.300. The fourth-order valence-corrected chi connectivity index (χ4v) is 11.4. The Morgan fingerprint density at radius 3 is 2.57 bits per heavy atom. The van der Waals surface area contributed by atoms with E-state index in [0.29, 0.717) is 29.2 Å². The van der Waals surface area contributed by atoms with Gasteiger partial charge < -0.3 is 20.6 Å². The van der Waals surface area contributed by atoms with E-state index in [4.69, 9.17) is 0 Å². The van der Waals surface area contributed by atoms with Gasteiger partial charge in [0.1, 0.15) is 11.4 Å². The molecule has 2 saturated heterocycles. The van der Waals surface area contributed by atoms with Gasteiger partial charge in [-0.25, -0.2) is 0 Å². The van der Waals surface area contributed by atoms with E-state index < -0.39 is 0 Å². The van der Waals surface area contributed by atoms with E-state index in [1.807, 2.05) is 11.9 Å². The Morgan fingerprint density at radius 1 is 1.14 bits per heavy atom. The maximum Gasteiger partial charge on any atom is 0.225 e. The van der Waals surface area contributed by atoms with Crippen LogP contribution in [0, 0.1) is 40.9 Å². The van der Waals surface area contributed by atoms with Gasteiger partial charge >= 0.3 is 0 Å². The SMILES string of the molecule is C[C@H](C(=O)N(C)CC1CCCCC1)[C@H]1CC[C@]2(C)CC3SC(C4CC[NH2+]CC4)[NH2+]C3[C@H](C)[C@@H]2[C@H]1O. The van der Waals surface area contributed by atoms with Crippen molar-refractivity contribution in [2.24, 2.45) is 40.9 Å². The van der Waals surface area contributed by atoms with Gasteiger partial charge in [-0.1, -0.05) is 51.8 Å². The largest absolute Gasteiger partial charge is 0.392 e. The first-order valence-electron chi connectivity index (χ1n) is 15.0. The third-order valence-electron chi connectivity index (χ3n) is 11.3. The standard InChI is InChI=1S/C29H51N3O2S/c1-18(28(34)32(4)17-20-8-6-5-7-9-20)22-10-13-29(3)16-23-25(19(2)24(29)26(22)33)31-27(35-23)21-11-14-30-15-12-21/h18-27,30-31,33H,5-17H2,1-4H3/p+2/t18-,19+,22+,23?,24+,25?,26-,27?,29+/m0/s1. The molecule has 9 atom stereocenters. The Morgan fingerprint density at radius 2 is 1.86 bits per heavy atom. The fourth-order valence-electron chi connectivity index (χ4n) is 9.25. The van der Waals surface area contributed by atoms with Crippen LogP contribution in [0.5, 0.6) is 0 Å². The summed E-state index contributed by atoms with van der Waals surface area (Å²) in [7, 11) is 2.01. The van der Waals surface area contributed by atoms with E-state index in [0.717, 1.165) is 24.1 Å². The van der Waals surface area contributed by atoms with Gasteiger partial charge in [0.25, 0.3) is 0 Å². The zero-order chi connectivity index (χ0) is 24.7. The Labute approximate surface area is 218 Å². The molecule has 1 amide bonds. The smallest absolute Gasteiger partial charge is 0.225 e. The highest BCUT2D eigenvalue weighted by Gasteiger charge is 2.60. The molecule has 5 aliphatic rings. The highest BCUT2D eigenvalue weighted by atomic mass is 32.2. The minimum absolute atomic E-state index is 0.0822. The van der Waals surface area contributed by atoms with Gasteiger partial charge in [0.15, 0.2) is 0 Å². The third-order valence-corrected chi connectivity index (χ3v) is 13.0. The van der Waals surface area contributed by atoms with Crippen molar-refractivity contribution in [3.05, 3.63) is 0 Å². The number of nitrogens with two attached hydrogens (primary N) is 2. The van der Waals surface area contributed by atoms with Crippen LogP contribution in [0.3, 0.4) is 0 Å². The predicted octanol–water partition coefficient (Wildman–Crippen LogP) is 2.44. The van der Waals surface area contributed by atoms with E-state index in [1.54, 1.807) is 0 Å². The summed E-state index contributed by atoms with van der Waals surface area (Å²) in [5.74, 6) is 2.64. The van der Waals surface area contributed by atoms with Crippen molar-refractivity contribution in [2.75, 3.05) is 26.7 Å². The van der Waals surface area contributed by atoms with E-state index in [-0.39, 0.29) is 29.3 Å². The lowest BCUT2D eigenvalue weighted by molar-refractivity contribution is -0.717. The molecule has 35 heavy (non-hydrogen) atoms. The highest BCUT2D eigenvalue weighted by molar-refractivity contribution is 8.00. The average molecular weight is 508 g/mol. The number of hydrogen-bond acceptors (Lipinski definition) is 3. The van der Waals surface area contributed by atoms with Crippen molar-refractivity contribution in [3.8, 4) is 0 Å². The quantitative estimate of drug-likeness (QED) is 0.535. The normalized spacial score (nSPS) is 43.9. The van der Waals surface area contributed by atoms with Gasteiger partial charge in [-0.15, -0.1) is 0 Å². The summed E-state index contributed by atoms with van der Waals surface area (Å²) in [4.78, 5) is 15.5. The molecular weight excluding hydrogens is 454 g/mol. The van der Waals surface area contributed by atoms with Gasteiger partial charge in [0, 0.05) is 44.2 Å². The van der Waals surface area contributed by atoms with Crippen LogP contribution in [-0.4, -0.2) is 65.4 Å². The molecule has 2 heterocycles. The molecule has 0 aromatic heterocycles. The van der Waals surface area contributed by atoms with Gasteiger partial charge in [0.2, 0.25) is 5.91 Å². The molecule has 3 saturated carbocycles. The van der Waals surface area contributed by atoms with Crippen LogP contribution < -0.4 is 10.6 Å². The van der Waals surface area contributed by atoms with E-state index in [9.17, 15) is 9.90 Å². The minimum Gasteiger partial charge on any atom is -0.392 e. The summed E-state index contributed by atoms with van der Waals surface area (Å²) < 4.78 is 0. The number of rotatable bonds is 5. The van der Waals surface area contributed by atoms with Crippen LogP contribution in [0.1, 0.15) is 85.0 Å². The van der Waals surface area contributed by atoms with Crippen molar-refractivity contribution in [2.45, 2.75) is 108 Å². The van der Waals surface area contributed by atoms with Crippen molar-refractivity contribution >= 4 is 17.7 Å². The molecule has 200 valence electrons. The average Bonchev–Trinajstić information content (AvgIpc) is 3.28. The summed E-state index contributed by atoms with van der Waals surface area (Å²) in [6, 6.07) is 0.627. The molecule has 5 N–H and O–H groups in total. The van der Waals surface area contributed by atoms with E-state index >= 15 is 0 Å². The molecule has 0 aromatic carbocycles. The molecule has 3 unspecified atom stereocenters. The molecule has 2 aliphatic heterocycles. The summed E-state index contributed by atoms with van der Waals surface area (Å²) in [5, 5.41) is 18.5. The molecule has 0 aromatic rings. The van der Waals surface area contributed by atoms with E-state index in [1.165, 1.54) is 70.9 Å². The topological polar surface area (TPSA) is 73.8 Å².